The van der Waals surface area contributed by atoms with Crippen molar-refractivity contribution in [2.24, 2.45) is 0 Å². The molecule has 0 saturated carbocycles. The molecular formula is C15H18N6O2. The normalized spacial score (nSPS) is 15.4. The second kappa shape index (κ2) is 6.55. The van der Waals surface area contributed by atoms with Gasteiger partial charge in [0.2, 0.25) is 5.95 Å². The second-order valence-corrected chi connectivity index (χ2v) is 5.51. The van der Waals surface area contributed by atoms with Gasteiger partial charge in [-0.2, -0.15) is 0 Å². The standard InChI is InChI=1S/C15H18N6O2/c1-11-13(21(22)23)3-4-14(18-11)19-12-5-9-20(10-6-12)15-16-7-2-8-17-15/h2-4,7-8,12H,5-6,9-10H2,1H3,(H,18,19). The van der Waals surface area contributed by atoms with Crippen LogP contribution in [0.1, 0.15) is 18.5 Å². The molecule has 0 bridgehead atoms. The quantitative estimate of drug-likeness (QED) is 0.682. The fourth-order valence-corrected chi connectivity index (χ4v) is 2.71. The van der Waals surface area contributed by atoms with Crippen molar-refractivity contribution < 1.29 is 4.92 Å². The molecule has 8 nitrogen and oxygen atoms in total. The monoisotopic (exact) mass is 314 g/mol. The SMILES string of the molecule is Cc1nc(NC2CCN(c3ncccn3)CC2)ccc1[N+](=O)[O-]. The first-order valence-electron chi connectivity index (χ1n) is 7.54. The summed E-state index contributed by atoms with van der Waals surface area (Å²) in [6.07, 6.45) is 5.37. The third kappa shape index (κ3) is 3.53. The van der Waals surface area contributed by atoms with E-state index in [0.29, 0.717) is 17.6 Å². The average molecular weight is 314 g/mol. The summed E-state index contributed by atoms with van der Waals surface area (Å²) in [5.74, 6) is 1.44. The number of hydrogen-bond acceptors (Lipinski definition) is 7. The van der Waals surface area contributed by atoms with E-state index in [-0.39, 0.29) is 5.69 Å². The lowest BCUT2D eigenvalue weighted by Crippen LogP contribution is -2.40. The summed E-state index contributed by atoms with van der Waals surface area (Å²) < 4.78 is 0. The Morgan fingerprint density at radius 3 is 2.57 bits per heavy atom. The number of nitrogens with zero attached hydrogens (tertiary/aromatic N) is 5. The zero-order chi connectivity index (χ0) is 16.2. The van der Waals surface area contributed by atoms with Gasteiger partial charge in [0.15, 0.2) is 0 Å². The van der Waals surface area contributed by atoms with Crippen LogP contribution < -0.4 is 10.2 Å². The second-order valence-electron chi connectivity index (χ2n) is 5.51. The lowest BCUT2D eigenvalue weighted by molar-refractivity contribution is -0.385. The van der Waals surface area contributed by atoms with Gasteiger partial charge < -0.3 is 10.2 Å². The lowest BCUT2D eigenvalue weighted by Gasteiger charge is -2.32. The maximum absolute atomic E-state index is 10.8. The van der Waals surface area contributed by atoms with Crippen LogP contribution in [0.15, 0.2) is 30.6 Å². The summed E-state index contributed by atoms with van der Waals surface area (Å²) in [4.78, 5) is 25.4. The average Bonchev–Trinajstić information content (AvgIpc) is 2.56. The molecule has 3 rings (SSSR count). The molecule has 0 aliphatic carbocycles. The Kier molecular flexibility index (Phi) is 4.31. The number of aromatic nitrogens is 3. The van der Waals surface area contributed by atoms with Crippen LogP contribution in [0, 0.1) is 17.0 Å². The molecule has 8 heteroatoms. The molecule has 0 atom stereocenters. The highest BCUT2D eigenvalue weighted by Crippen LogP contribution is 2.21. The predicted molar refractivity (Wildman–Crippen MR) is 86.5 cm³/mol. The van der Waals surface area contributed by atoms with Gasteiger partial charge in [-0.1, -0.05) is 0 Å². The Balaban J connectivity index is 1.59. The molecule has 1 saturated heterocycles. The van der Waals surface area contributed by atoms with E-state index in [1.165, 1.54) is 6.07 Å². The number of hydrogen-bond donors (Lipinski definition) is 1. The van der Waals surface area contributed by atoms with Crippen molar-refractivity contribution >= 4 is 17.5 Å². The highest BCUT2D eigenvalue weighted by molar-refractivity contribution is 5.45. The first kappa shape index (κ1) is 15.1. The largest absolute Gasteiger partial charge is 0.367 e. The third-order valence-corrected chi connectivity index (χ3v) is 3.94. The van der Waals surface area contributed by atoms with Crippen LogP contribution in [-0.2, 0) is 0 Å². The third-order valence-electron chi connectivity index (χ3n) is 3.94. The van der Waals surface area contributed by atoms with Crippen molar-refractivity contribution in [1.82, 2.24) is 15.0 Å². The maximum atomic E-state index is 10.8. The molecule has 3 heterocycles. The molecule has 1 aliphatic heterocycles. The summed E-state index contributed by atoms with van der Waals surface area (Å²) >= 11 is 0. The van der Waals surface area contributed by atoms with Gasteiger partial charge >= 0.3 is 0 Å². The van der Waals surface area contributed by atoms with Crippen LogP contribution in [-0.4, -0.2) is 39.0 Å². The smallest absolute Gasteiger partial charge is 0.290 e. The summed E-state index contributed by atoms with van der Waals surface area (Å²) in [7, 11) is 0. The van der Waals surface area contributed by atoms with Crippen LogP contribution in [0.2, 0.25) is 0 Å². The van der Waals surface area contributed by atoms with Crippen LogP contribution in [0.25, 0.3) is 0 Å². The molecule has 0 radical (unpaired) electrons. The number of pyridine rings is 1. The van der Waals surface area contributed by atoms with Crippen LogP contribution in [0.5, 0.6) is 0 Å². The molecule has 0 unspecified atom stereocenters. The van der Waals surface area contributed by atoms with Crippen molar-refractivity contribution in [3.05, 3.63) is 46.4 Å². The van der Waals surface area contributed by atoms with Crippen LogP contribution in [0.3, 0.4) is 0 Å². The predicted octanol–water partition coefficient (Wildman–Crippen LogP) is 2.17. The number of rotatable bonds is 4. The van der Waals surface area contributed by atoms with E-state index in [0.717, 1.165) is 31.9 Å². The molecule has 1 fully saturated rings. The van der Waals surface area contributed by atoms with Gasteiger partial charge in [0, 0.05) is 37.6 Å². The zero-order valence-electron chi connectivity index (χ0n) is 12.8. The highest BCUT2D eigenvalue weighted by atomic mass is 16.6. The first-order valence-corrected chi connectivity index (χ1v) is 7.54. The molecule has 120 valence electrons. The van der Waals surface area contributed by atoms with Crippen LogP contribution in [0.4, 0.5) is 17.5 Å². The van der Waals surface area contributed by atoms with Crippen molar-refractivity contribution in [2.45, 2.75) is 25.8 Å². The molecule has 1 N–H and O–H groups in total. The summed E-state index contributed by atoms with van der Waals surface area (Å²) in [6.45, 7) is 3.39. The molecule has 2 aromatic heterocycles. The Hall–Kier alpha value is -2.77. The van der Waals surface area contributed by atoms with Gasteiger partial charge in [0.05, 0.1) is 4.92 Å². The number of nitrogens with one attached hydrogen (secondary N) is 1. The van der Waals surface area contributed by atoms with Crippen molar-refractivity contribution in [3.8, 4) is 0 Å². The van der Waals surface area contributed by atoms with Crippen molar-refractivity contribution in [2.75, 3.05) is 23.3 Å². The number of nitro groups is 1. The topological polar surface area (TPSA) is 97.1 Å². The van der Waals surface area contributed by atoms with Gasteiger partial charge in [-0.3, -0.25) is 10.1 Å². The van der Waals surface area contributed by atoms with E-state index in [1.807, 2.05) is 0 Å². The lowest BCUT2D eigenvalue weighted by atomic mass is 10.1. The molecular weight excluding hydrogens is 296 g/mol. The molecule has 2 aromatic rings. The Bertz CT molecular complexity index is 686. The first-order chi connectivity index (χ1) is 11.1. The number of piperidine rings is 1. The fourth-order valence-electron chi connectivity index (χ4n) is 2.71. The van der Waals surface area contributed by atoms with Gasteiger partial charge in [0.25, 0.3) is 5.69 Å². The minimum atomic E-state index is -0.412. The molecule has 23 heavy (non-hydrogen) atoms. The number of aryl methyl sites for hydroxylation is 1. The van der Waals surface area contributed by atoms with E-state index in [1.54, 1.807) is 31.5 Å². The van der Waals surface area contributed by atoms with E-state index in [9.17, 15) is 10.1 Å². The van der Waals surface area contributed by atoms with Crippen LogP contribution >= 0.6 is 0 Å². The van der Waals surface area contributed by atoms with Gasteiger partial charge in [-0.15, -0.1) is 0 Å². The minimum absolute atomic E-state index is 0.0478. The van der Waals surface area contributed by atoms with Gasteiger partial charge in [-0.25, -0.2) is 15.0 Å². The van der Waals surface area contributed by atoms with E-state index in [4.69, 9.17) is 0 Å². The minimum Gasteiger partial charge on any atom is -0.367 e. The Morgan fingerprint density at radius 1 is 1.26 bits per heavy atom. The Morgan fingerprint density at radius 2 is 1.96 bits per heavy atom. The maximum Gasteiger partial charge on any atom is 0.290 e. The van der Waals surface area contributed by atoms with Crippen molar-refractivity contribution in [3.63, 3.8) is 0 Å². The molecule has 1 aliphatic rings. The van der Waals surface area contributed by atoms with Gasteiger partial charge in [-0.05, 0) is 31.9 Å². The van der Waals surface area contributed by atoms with Gasteiger partial charge in [0.1, 0.15) is 11.5 Å². The fraction of sp³-hybridized carbons (Fsp3) is 0.400. The summed E-state index contributed by atoms with van der Waals surface area (Å²) in [6, 6.07) is 5.26. The molecule has 0 amide bonds. The molecule has 0 aromatic carbocycles. The Labute approximate surface area is 133 Å². The highest BCUT2D eigenvalue weighted by Gasteiger charge is 2.21. The summed E-state index contributed by atoms with van der Waals surface area (Å²) in [5, 5.41) is 14.2. The zero-order valence-corrected chi connectivity index (χ0v) is 12.8. The van der Waals surface area contributed by atoms with Crippen molar-refractivity contribution in [1.29, 1.82) is 0 Å². The van der Waals surface area contributed by atoms with E-state index < -0.39 is 4.92 Å². The number of anilines is 2. The summed E-state index contributed by atoms with van der Waals surface area (Å²) in [5.41, 5.74) is 0.474. The molecule has 0 spiro atoms. The van der Waals surface area contributed by atoms with E-state index in [2.05, 4.69) is 25.2 Å². The van der Waals surface area contributed by atoms with E-state index >= 15 is 0 Å².